The zero-order chi connectivity index (χ0) is 16.0. The number of carbonyl (C=O) groups is 1. The van der Waals surface area contributed by atoms with Gasteiger partial charge in [0.05, 0.1) is 21.5 Å². The van der Waals surface area contributed by atoms with Gasteiger partial charge in [0, 0.05) is 30.8 Å². The first kappa shape index (κ1) is 13.4. The third-order valence-corrected chi connectivity index (χ3v) is 3.97. The van der Waals surface area contributed by atoms with E-state index in [1.54, 1.807) is 24.3 Å². The Bertz CT molecular complexity index is 944. The minimum absolute atomic E-state index is 0.0401. The predicted molar refractivity (Wildman–Crippen MR) is 84.2 cm³/mol. The van der Waals surface area contributed by atoms with Crippen molar-refractivity contribution < 1.29 is 9.72 Å². The maximum absolute atomic E-state index is 12.1. The smallest absolute Gasteiger partial charge is 0.269 e. The van der Waals surface area contributed by atoms with Crippen LogP contribution in [0.3, 0.4) is 0 Å². The number of aromatic nitrogens is 2. The highest BCUT2D eigenvalue weighted by Gasteiger charge is 2.21. The summed E-state index contributed by atoms with van der Waals surface area (Å²) in [5.41, 5.74) is 2.97. The normalized spacial score (nSPS) is 13.7. The van der Waals surface area contributed by atoms with E-state index in [-0.39, 0.29) is 11.6 Å². The average Bonchev–Trinajstić information content (AvgIpc) is 2.84. The standard InChI is InChI=1S/C16H12N4O3/c21-16-12-2-1-3-13-14(12)19(9-8-17-16)15(18-13)10-4-6-11(7-5-10)20(22)23/h1-7H,8-9H2,(H,17,21). The Morgan fingerprint density at radius 2 is 1.96 bits per heavy atom. The van der Waals surface area contributed by atoms with Crippen LogP contribution in [0.15, 0.2) is 42.5 Å². The number of nitrogens with one attached hydrogen (secondary N) is 1. The van der Waals surface area contributed by atoms with Gasteiger partial charge in [0.1, 0.15) is 5.82 Å². The Kier molecular flexibility index (Phi) is 2.87. The summed E-state index contributed by atoms with van der Waals surface area (Å²) in [5.74, 6) is 0.600. The molecule has 0 atom stereocenters. The molecule has 0 fully saturated rings. The van der Waals surface area contributed by atoms with Crippen LogP contribution in [-0.2, 0) is 6.54 Å². The highest BCUT2D eigenvalue weighted by molar-refractivity contribution is 6.06. The minimum atomic E-state index is -0.429. The van der Waals surface area contributed by atoms with Gasteiger partial charge in [0.25, 0.3) is 11.6 Å². The molecule has 0 saturated heterocycles. The van der Waals surface area contributed by atoms with Crippen molar-refractivity contribution in [2.24, 2.45) is 0 Å². The average molecular weight is 308 g/mol. The molecule has 0 unspecified atom stereocenters. The number of hydrogen-bond acceptors (Lipinski definition) is 4. The van der Waals surface area contributed by atoms with Gasteiger partial charge >= 0.3 is 0 Å². The summed E-state index contributed by atoms with van der Waals surface area (Å²) in [7, 11) is 0. The molecule has 0 radical (unpaired) electrons. The topological polar surface area (TPSA) is 90.1 Å². The third kappa shape index (κ3) is 2.05. The number of para-hydroxylation sites is 1. The lowest BCUT2D eigenvalue weighted by Gasteiger charge is -2.07. The number of imidazole rings is 1. The summed E-state index contributed by atoms with van der Waals surface area (Å²) in [6.07, 6.45) is 0. The highest BCUT2D eigenvalue weighted by Crippen LogP contribution is 2.29. The van der Waals surface area contributed by atoms with Crippen LogP contribution >= 0.6 is 0 Å². The Hall–Kier alpha value is -3.22. The Labute approximate surface area is 130 Å². The summed E-state index contributed by atoms with van der Waals surface area (Å²) >= 11 is 0. The number of carbonyl (C=O) groups excluding carboxylic acids is 1. The fraction of sp³-hybridized carbons (Fsp3) is 0.125. The number of nitro benzene ring substituents is 1. The van der Waals surface area contributed by atoms with E-state index in [2.05, 4.69) is 10.3 Å². The van der Waals surface area contributed by atoms with Crippen molar-refractivity contribution in [2.75, 3.05) is 6.54 Å². The molecule has 0 bridgehead atoms. The number of non-ortho nitro benzene ring substituents is 1. The van der Waals surface area contributed by atoms with E-state index < -0.39 is 4.92 Å². The molecular weight excluding hydrogens is 296 g/mol. The van der Waals surface area contributed by atoms with Crippen LogP contribution in [0, 0.1) is 10.1 Å². The molecule has 3 aromatic rings. The molecule has 2 heterocycles. The van der Waals surface area contributed by atoms with E-state index in [0.29, 0.717) is 24.5 Å². The van der Waals surface area contributed by atoms with Crippen molar-refractivity contribution in [3.05, 3.63) is 58.1 Å². The number of hydrogen-bond donors (Lipinski definition) is 1. The number of benzene rings is 2. The van der Waals surface area contributed by atoms with E-state index in [1.807, 2.05) is 10.6 Å². The lowest BCUT2D eigenvalue weighted by Crippen LogP contribution is -2.24. The highest BCUT2D eigenvalue weighted by atomic mass is 16.6. The lowest BCUT2D eigenvalue weighted by atomic mass is 10.1. The predicted octanol–water partition coefficient (Wildman–Crippen LogP) is 2.35. The molecule has 1 aliphatic heterocycles. The summed E-state index contributed by atoms with van der Waals surface area (Å²) < 4.78 is 1.99. The molecule has 2 aromatic carbocycles. The molecule has 0 spiro atoms. The zero-order valence-electron chi connectivity index (χ0n) is 12.0. The van der Waals surface area contributed by atoms with Crippen LogP contribution in [0.1, 0.15) is 10.4 Å². The Balaban J connectivity index is 1.94. The molecule has 1 aliphatic rings. The van der Waals surface area contributed by atoms with Gasteiger partial charge in [-0.05, 0) is 24.3 Å². The maximum Gasteiger partial charge on any atom is 0.269 e. The molecule has 0 aliphatic carbocycles. The van der Waals surface area contributed by atoms with E-state index in [9.17, 15) is 14.9 Å². The summed E-state index contributed by atoms with van der Waals surface area (Å²) in [5, 5.41) is 13.7. The van der Waals surface area contributed by atoms with E-state index in [4.69, 9.17) is 0 Å². The Morgan fingerprint density at radius 1 is 1.17 bits per heavy atom. The van der Waals surface area contributed by atoms with Gasteiger partial charge in [-0.15, -0.1) is 0 Å². The van der Waals surface area contributed by atoms with Gasteiger partial charge in [-0.3, -0.25) is 14.9 Å². The summed E-state index contributed by atoms with van der Waals surface area (Å²) in [4.78, 5) is 27.1. The molecule has 1 aromatic heterocycles. The van der Waals surface area contributed by atoms with Gasteiger partial charge < -0.3 is 9.88 Å². The second-order valence-electron chi connectivity index (χ2n) is 5.32. The van der Waals surface area contributed by atoms with E-state index in [0.717, 1.165) is 16.6 Å². The number of amides is 1. The van der Waals surface area contributed by atoms with Crippen LogP contribution in [0.5, 0.6) is 0 Å². The number of nitrogens with zero attached hydrogens (tertiary/aromatic N) is 3. The van der Waals surface area contributed by atoms with Crippen molar-refractivity contribution in [3.63, 3.8) is 0 Å². The quantitative estimate of drug-likeness (QED) is 0.581. The number of rotatable bonds is 2. The summed E-state index contributed by atoms with van der Waals surface area (Å²) in [6, 6.07) is 11.7. The summed E-state index contributed by atoms with van der Waals surface area (Å²) in [6.45, 7) is 1.12. The largest absolute Gasteiger partial charge is 0.350 e. The van der Waals surface area contributed by atoms with Crippen LogP contribution < -0.4 is 5.32 Å². The van der Waals surface area contributed by atoms with Crippen LogP contribution in [0.2, 0.25) is 0 Å². The lowest BCUT2D eigenvalue weighted by molar-refractivity contribution is -0.384. The molecule has 7 heteroatoms. The number of nitro groups is 1. The molecule has 1 N–H and O–H groups in total. The molecule has 1 amide bonds. The van der Waals surface area contributed by atoms with Crippen LogP contribution in [0.4, 0.5) is 5.69 Å². The SMILES string of the molecule is O=C1NCCn2c(-c3ccc([N+](=O)[O-])cc3)nc3cccc1c32. The van der Waals surface area contributed by atoms with Crippen molar-refractivity contribution in [3.8, 4) is 11.4 Å². The molecule has 0 saturated carbocycles. The van der Waals surface area contributed by atoms with Crippen molar-refractivity contribution >= 4 is 22.6 Å². The van der Waals surface area contributed by atoms with Crippen molar-refractivity contribution in [2.45, 2.75) is 6.54 Å². The second kappa shape index (κ2) is 4.91. The van der Waals surface area contributed by atoms with Gasteiger partial charge in [-0.2, -0.15) is 0 Å². The molecular formula is C16H12N4O3. The monoisotopic (exact) mass is 308 g/mol. The van der Waals surface area contributed by atoms with E-state index in [1.165, 1.54) is 12.1 Å². The fourth-order valence-corrected chi connectivity index (χ4v) is 2.92. The molecule has 7 nitrogen and oxygen atoms in total. The van der Waals surface area contributed by atoms with Gasteiger partial charge in [0.2, 0.25) is 0 Å². The maximum atomic E-state index is 12.1. The first-order valence-electron chi connectivity index (χ1n) is 7.17. The van der Waals surface area contributed by atoms with Crippen molar-refractivity contribution in [1.29, 1.82) is 0 Å². The van der Waals surface area contributed by atoms with Gasteiger partial charge in [-0.25, -0.2) is 4.98 Å². The zero-order valence-corrected chi connectivity index (χ0v) is 12.0. The fourth-order valence-electron chi connectivity index (χ4n) is 2.92. The van der Waals surface area contributed by atoms with Crippen LogP contribution in [-0.4, -0.2) is 26.9 Å². The minimum Gasteiger partial charge on any atom is -0.350 e. The molecule has 114 valence electrons. The van der Waals surface area contributed by atoms with Gasteiger partial charge in [0.15, 0.2) is 0 Å². The first-order valence-corrected chi connectivity index (χ1v) is 7.17. The molecule has 23 heavy (non-hydrogen) atoms. The third-order valence-electron chi connectivity index (χ3n) is 3.97. The van der Waals surface area contributed by atoms with E-state index >= 15 is 0 Å². The molecule has 4 rings (SSSR count). The Morgan fingerprint density at radius 3 is 2.70 bits per heavy atom. The van der Waals surface area contributed by atoms with Crippen molar-refractivity contribution in [1.82, 2.24) is 14.9 Å². The second-order valence-corrected chi connectivity index (χ2v) is 5.32. The first-order chi connectivity index (χ1) is 11.1. The van der Waals surface area contributed by atoms with Crippen LogP contribution in [0.25, 0.3) is 22.4 Å². The van der Waals surface area contributed by atoms with Gasteiger partial charge in [-0.1, -0.05) is 6.07 Å².